The lowest BCUT2D eigenvalue weighted by Crippen LogP contribution is -2.52. The van der Waals surface area contributed by atoms with Crippen molar-refractivity contribution in [2.45, 2.75) is 39.2 Å². The Bertz CT molecular complexity index is 645. The summed E-state index contributed by atoms with van der Waals surface area (Å²) >= 11 is 1.58. The Hall–Kier alpha value is -1.44. The molecule has 1 amide bonds. The minimum Gasteiger partial charge on any atom is -0.379 e. The first-order valence-corrected chi connectivity index (χ1v) is 10.1. The summed E-state index contributed by atoms with van der Waals surface area (Å²) in [7, 11) is 0. The highest BCUT2D eigenvalue weighted by molar-refractivity contribution is 7.15. The molecule has 6 nitrogen and oxygen atoms in total. The molecule has 7 heteroatoms. The molecule has 1 fully saturated rings. The lowest BCUT2D eigenvalue weighted by molar-refractivity contribution is -0.121. The predicted molar refractivity (Wildman–Crippen MR) is 100 cm³/mol. The number of fused-ring (bicyclic) bond motifs is 1. The molecular weight excluding hydrogens is 336 g/mol. The Kier molecular flexibility index (Phi) is 6.45. The molecular formula is C18H28N4O2S. The number of thiazole rings is 1. The van der Waals surface area contributed by atoms with Crippen molar-refractivity contribution < 1.29 is 9.53 Å². The summed E-state index contributed by atoms with van der Waals surface area (Å²) < 4.78 is 7.45. The van der Waals surface area contributed by atoms with E-state index in [2.05, 4.69) is 29.0 Å². The zero-order chi connectivity index (χ0) is 17.6. The summed E-state index contributed by atoms with van der Waals surface area (Å²) in [6, 6.07) is 0.383. The Morgan fingerprint density at radius 1 is 1.36 bits per heavy atom. The van der Waals surface area contributed by atoms with Gasteiger partial charge in [0.2, 0.25) is 5.91 Å². The quantitative estimate of drug-likeness (QED) is 0.780. The lowest BCUT2D eigenvalue weighted by atomic mass is 9.92. The Morgan fingerprint density at radius 3 is 2.80 bits per heavy atom. The van der Waals surface area contributed by atoms with Crippen molar-refractivity contribution in [1.29, 1.82) is 0 Å². The second-order valence-electron chi connectivity index (χ2n) is 6.60. The summed E-state index contributed by atoms with van der Waals surface area (Å²) in [5, 5.41) is 5.14. The van der Waals surface area contributed by atoms with Gasteiger partial charge in [0, 0.05) is 43.4 Å². The van der Waals surface area contributed by atoms with E-state index in [1.54, 1.807) is 11.3 Å². The number of ether oxygens (including phenoxy) is 1. The number of nitrogens with one attached hydrogen (secondary N) is 1. The van der Waals surface area contributed by atoms with E-state index in [1.807, 2.05) is 22.2 Å². The molecule has 0 aliphatic carbocycles. The number of aromatic nitrogens is 2. The highest BCUT2D eigenvalue weighted by Crippen LogP contribution is 2.19. The van der Waals surface area contributed by atoms with Gasteiger partial charge in [-0.05, 0) is 5.92 Å². The van der Waals surface area contributed by atoms with Crippen molar-refractivity contribution in [2.75, 3.05) is 32.8 Å². The van der Waals surface area contributed by atoms with Gasteiger partial charge < -0.3 is 10.1 Å². The first-order chi connectivity index (χ1) is 12.2. The van der Waals surface area contributed by atoms with E-state index in [9.17, 15) is 4.79 Å². The molecule has 0 spiro atoms. The molecule has 1 atom stereocenters. The van der Waals surface area contributed by atoms with E-state index in [0.29, 0.717) is 24.9 Å². The number of carbonyl (C=O) groups is 1. The Labute approximate surface area is 153 Å². The smallest absolute Gasteiger partial charge is 0.226 e. The number of hydrogen-bond acceptors (Lipinski definition) is 5. The van der Waals surface area contributed by atoms with Crippen molar-refractivity contribution in [1.82, 2.24) is 19.6 Å². The summed E-state index contributed by atoms with van der Waals surface area (Å²) in [4.78, 5) is 20.3. The molecule has 25 heavy (non-hydrogen) atoms. The highest BCUT2D eigenvalue weighted by Gasteiger charge is 2.27. The van der Waals surface area contributed by atoms with Gasteiger partial charge in [0.15, 0.2) is 4.96 Å². The molecule has 2 aromatic heterocycles. The van der Waals surface area contributed by atoms with Gasteiger partial charge in [-0.1, -0.05) is 26.7 Å². The number of hydrogen-bond donors (Lipinski definition) is 1. The van der Waals surface area contributed by atoms with Gasteiger partial charge in [-0.25, -0.2) is 4.98 Å². The Balaban J connectivity index is 1.57. The molecule has 0 radical (unpaired) electrons. The Morgan fingerprint density at radius 2 is 2.12 bits per heavy atom. The normalized spacial score (nSPS) is 17.2. The molecule has 2 aromatic rings. The summed E-state index contributed by atoms with van der Waals surface area (Å²) in [6.07, 6.45) is 6.51. The van der Waals surface area contributed by atoms with Crippen molar-refractivity contribution in [3.05, 3.63) is 23.5 Å². The highest BCUT2D eigenvalue weighted by atomic mass is 32.1. The number of rotatable bonds is 8. The van der Waals surface area contributed by atoms with E-state index >= 15 is 0 Å². The van der Waals surface area contributed by atoms with E-state index < -0.39 is 0 Å². The zero-order valence-electron chi connectivity index (χ0n) is 15.1. The van der Waals surface area contributed by atoms with E-state index in [4.69, 9.17) is 4.74 Å². The molecule has 1 aliphatic heterocycles. The van der Waals surface area contributed by atoms with Crippen LogP contribution in [0.4, 0.5) is 0 Å². The number of carbonyl (C=O) groups excluding carboxylic acids is 1. The van der Waals surface area contributed by atoms with Crippen LogP contribution >= 0.6 is 11.3 Å². The minimum absolute atomic E-state index is 0.0509. The standard InChI is InChI=1S/C18H28N4O2S/c1-3-14(4-2)16(21-5-8-24-9-6-21)12-19-17(23)11-15-13-22-7-10-25-18(22)20-15/h7,10,13-14,16H,3-6,8-9,11-12H2,1-2H3,(H,19,23). The topological polar surface area (TPSA) is 58.9 Å². The molecule has 3 rings (SSSR count). The van der Waals surface area contributed by atoms with Crippen molar-refractivity contribution >= 4 is 22.2 Å². The molecule has 0 bridgehead atoms. The van der Waals surface area contributed by atoms with Gasteiger partial charge in [-0.2, -0.15) is 0 Å². The average Bonchev–Trinajstić information content (AvgIpc) is 3.21. The van der Waals surface area contributed by atoms with Crippen LogP contribution in [-0.4, -0.2) is 59.1 Å². The molecule has 0 saturated carbocycles. The third-order valence-electron chi connectivity index (χ3n) is 5.10. The minimum atomic E-state index is 0.0509. The second kappa shape index (κ2) is 8.78. The predicted octanol–water partition coefficient (Wildman–Crippen LogP) is 2.19. The first kappa shape index (κ1) is 18.4. The van der Waals surface area contributed by atoms with Crippen molar-refractivity contribution in [3.8, 4) is 0 Å². The van der Waals surface area contributed by atoms with Crippen LogP contribution in [0.3, 0.4) is 0 Å². The van der Waals surface area contributed by atoms with Crippen LogP contribution in [0, 0.1) is 5.92 Å². The van der Waals surface area contributed by atoms with Crippen LogP contribution in [0.5, 0.6) is 0 Å². The number of nitrogens with zero attached hydrogens (tertiary/aromatic N) is 3. The first-order valence-electron chi connectivity index (χ1n) is 9.20. The van der Waals surface area contributed by atoms with Crippen LogP contribution in [0.15, 0.2) is 17.8 Å². The van der Waals surface area contributed by atoms with Crippen LogP contribution in [-0.2, 0) is 16.0 Å². The zero-order valence-corrected chi connectivity index (χ0v) is 15.9. The van der Waals surface area contributed by atoms with Gasteiger partial charge >= 0.3 is 0 Å². The van der Waals surface area contributed by atoms with Crippen LogP contribution < -0.4 is 5.32 Å². The van der Waals surface area contributed by atoms with Gasteiger partial charge in [0.05, 0.1) is 25.3 Å². The number of amides is 1. The fourth-order valence-corrected chi connectivity index (χ4v) is 4.36. The van der Waals surface area contributed by atoms with E-state index in [0.717, 1.165) is 49.8 Å². The van der Waals surface area contributed by atoms with Gasteiger partial charge in [0.1, 0.15) is 0 Å². The maximum absolute atomic E-state index is 12.4. The van der Waals surface area contributed by atoms with Crippen molar-refractivity contribution in [3.63, 3.8) is 0 Å². The largest absolute Gasteiger partial charge is 0.379 e. The maximum Gasteiger partial charge on any atom is 0.226 e. The molecule has 1 saturated heterocycles. The number of morpholine rings is 1. The molecule has 1 unspecified atom stereocenters. The molecule has 1 N–H and O–H groups in total. The lowest BCUT2D eigenvalue weighted by Gasteiger charge is -2.38. The van der Waals surface area contributed by atoms with Crippen LogP contribution in [0.1, 0.15) is 32.4 Å². The van der Waals surface area contributed by atoms with Gasteiger partial charge in [-0.15, -0.1) is 11.3 Å². The van der Waals surface area contributed by atoms with Crippen LogP contribution in [0.25, 0.3) is 4.96 Å². The van der Waals surface area contributed by atoms with E-state index in [-0.39, 0.29) is 5.91 Å². The fourth-order valence-electron chi connectivity index (χ4n) is 3.64. The van der Waals surface area contributed by atoms with E-state index in [1.165, 1.54) is 0 Å². The number of imidazole rings is 1. The second-order valence-corrected chi connectivity index (χ2v) is 7.47. The molecule has 138 valence electrons. The maximum atomic E-state index is 12.4. The average molecular weight is 365 g/mol. The van der Waals surface area contributed by atoms with Gasteiger partial charge in [-0.3, -0.25) is 14.1 Å². The summed E-state index contributed by atoms with van der Waals surface area (Å²) in [5.74, 6) is 0.645. The van der Waals surface area contributed by atoms with Crippen molar-refractivity contribution in [2.24, 2.45) is 5.92 Å². The summed E-state index contributed by atoms with van der Waals surface area (Å²) in [5.41, 5.74) is 0.829. The molecule has 1 aliphatic rings. The van der Waals surface area contributed by atoms with Crippen LogP contribution in [0.2, 0.25) is 0 Å². The summed E-state index contributed by atoms with van der Waals surface area (Å²) in [6.45, 7) is 8.66. The van der Waals surface area contributed by atoms with Gasteiger partial charge in [0.25, 0.3) is 0 Å². The fraction of sp³-hybridized carbons (Fsp3) is 0.667. The molecule has 0 aromatic carbocycles. The third-order valence-corrected chi connectivity index (χ3v) is 5.87. The third kappa shape index (κ3) is 4.59. The monoisotopic (exact) mass is 364 g/mol. The molecule has 3 heterocycles. The SMILES string of the molecule is CCC(CC)C(CNC(=O)Cc1cn2ccsc2n1)N1CCOCC1.